The molecule has 1 heterocycles. The molecule has 0 aromatic heterocycles. The van der Waals surface area contributed by atoms with Gasteiger partial charge < -0.3 is 14.8 Å². The highest BCUT2D eigenvalue weighted by molar-refractivity contribution is 5.17. The fraction of sp³-hybridized carbons (Fsp3) is 0.571. The lowest BCUT2D eigenvalue weighted by molar-refractivity contribution is -0.101. The highest BCUT2D eigenvalue weighted by Gasteiger charge is 2.24. The summed E-state index contributed by atoms with van der Waals surface area (Å²) in [6.07, 6.45) is 0.894. The molecule has 2 unspecified atom stereocenters. The summed E-state index contributed by atoms with van der Waals surface area (Å²) >= 11 is 0. The van der Waals surface area contributed by atoms with Gasteiger partial charge in [-0.3, -0.25) is 0 Å². The van der Waals surface area contributed by atoms with Crippen LogP contribution >= 0.6 is 0 Å². The number of rotatable bonds is 5. The Labute approximate surface area is 107 Å². The Morgan fingerprint density at radius 3 is 2.72 bits per heavy atom. The molecule has 1 saturated heterocycles. The van der Waals surface area contributed by atoms with Crippen LogP contribution in [-0.2, 0) is 15.9 Å². The van der Waals surface area contributed by atoms with Gasteiger partial charge in [-0.15, -0.1) is 0 Å². The van der Waals surface area contributed by atoms with E-state index in [0.717, 1.165) is 18.5 Å². The summed E-state index contributed by atoms with van der Waals surface area (Å²) in [4.78, 5) is 0. The number of hydrogen-bond donors (Lipinski definition) is 1. The third kappa shape index (κ3) is 3.77. The van der Waals surface area contributed by atoms with Gasteiger partial charge in [-0.2, -0.15) is 0 Å². The van der Waals surface area contributed by atoms with Crippen LogP contribution in [0.5, 0.6) is 0 Å². The standard InChI is InChI=1S/C14H20FNO2/c1-2-16-13(14-10-17-7-8-18-14)9-11-3-5-12(15)6-4-11/h3-6,13-14,16H,2,7-10H2,1H3. The first-order valence-electron chi connectivity index (χ1n) is 6.46. The lowest BCUT2D eigenvalue weighted by atomic mass is 10.0. The molecule has 1 N–H and O–H groups in total. The number of benzene rings is 1. The second-order valence-electron chi connectivity index (χ2n) is 4.48. The van der Waals surface area contributed by atoms with Crippen molar-refractivity contribution in [3.63, 3.8) is 0 Å². The number of nitrogens with one attached hydrogen (secondary N) is 1. The van der Waals surface area contributed by atoms with Gasteiger partial charge in [0.05, 0.1) is 25.9 Å². The Morgan fingerprint density at radius 2 is 2.11 bits per heavy atom. The Kier molecular flexibility index (Phi) is 5.11. The first-order chi connectivity index (χ1) is 8.79. The van der Waals surface area contributed by atoms with E-state index in [1.54, 1.807) is 0 Å². The van der Waals surface area contributed by atoms with Crippen molar-refractivity contribution in [2.45, 2.75) is 25.5 Å². The molecule has 18 heavy (non-hydrogen) atoms. The van der Waals surface area contributed by atoms with Gasteiger partial charge in [0.1, 0.15) is 5.82 Å². The van der Waals surface area contributed by atoms with E-state index in [-0.39, 0.29) is 18.0 Å². The van der Waals surface area contributed by atoms with Crippen LogP contribution in [0, 0.1) is 5.82 Å². The number of ether oxygens (including phenoxy) is 2. The van der Waals surface area contributed by atoms with Crippen LogP contribution < -0.4 is 5.32 Å². The molecule has 1 aromatic carbocycles. The van der Waals surface area contributed by atoms with Gasteiger partial charge in [0.15, 0.2) is 0 Å². The minimum Gasteiger partial charge on any atom is -0.376 e. The highest BCUT2D eigenvalue weighted by atomic mass is 19.1. The van der Waals surface area contributed by atoms with Gasteiger partial charge in [0.25, 0.3) is 0 Å². The zero-order valence-electron chi connectivity index (χ0n) is 10.7. The van der Waals surface area contributed by atoms with Gasteiger partial charge in [-0.25, -0.2) is 4.39 Å². The second kappa shape index (κ2) is 6.83. The van der Waals surface area contributed by atoms with Crippen LogP contribution in [0.2, 0.25) is 0 Å². The number of halogens is 1. The quantitative estimate of drug-likeness (QED) is 0.867. The Hall–Kier alpha value is -0.970. The van der Waals surface area contributed by atoms with E-state index in [9.17, 15) is 4.39 Å². The molecule has 1 aliphatic heterocycles. The van der Waals surface area contributed by atoms with E-state index >= 15 is 0 Å². The maximum absolute atomic E-state index is 12.9. The molecule has 0 saturated carbocycles. The molecule has 0 bridgehead atoms. The van der Waals surface area contributed by atoms with E-state index in [1.165, 1.54) is 12.1 Å². The monoisotopic (exact) mass is 253 g/mol. The van der Waals surface area contributed by atoms with Gasteiger partial charge >= 0.3 is 0 Å². The van der Waals surface area contributed by atoms with Crippen molar-refractivity contribution >= 4 is 0 Å². The van der Waals surface area contributed by atoms with Crippen LogP contribution in [0.3, 0.4) is 0 Å². The van der Waals surface area contributed by atoms with Crippen LogP contribution in [0.1, 0.15) is 12.5 Å². The maximum Gasteiger partial charge on any atom is 0.123 e. The molecule has 1 fully saturated rings. The lowest BCUT2D eigenvalue weighted by Gasteiger charge is -2.31. The van der Waals surface area contributed by atoms with Crippen molar-refractivity contribution in [1.29, 1.82) is 0 Å². The van der Waals surface area contributed by atoms with Gasteiger partial charge in [-0.05, 0) is 30.7 Å². The third-order valence-corrected chi connectivity index (χ3v) is 3.13. The molecule has 2 atom stereocenters. The minimum atomic E-state index is -0.198. The fourth-order valence-electron chi connectivity index (χ4n) is 2.21. The van der Waals surface area contributed by atoms with Gasteiger partial charge in [0.2, 0.25) is 0 Å². The van der Waals surface area contributed by atoms with Crippen molar-refractivity contribution in [1.82, 2.24) is 5.32 Å². The smallest absolute Gasteiger partial charge is 0.123 e. The predicted molar refractivity (Wildman–Crippen MR) is 68.1 cm³/mol. The van der Waals surface area contributed by atoms with Crippen LogP contribution in [0.4, 0.5) is 4.39 Å². The van der Waals surface area contributed by atoms with Crippen molar-refractivity contribution in [3.05, 3.63) is 35.6 Å². The summed E-state index contributed by atoms with van der Waals surface area (Å²) in [5.74, 6) is -0.198. The lowest BCUT2D eigenvalue weighted by Crippen LogP contribution is -2.47. The first-order valence-corrected chi connectivity index (χ1v) is 6.46. The number of likely N-dealkylation sites (N-methyl/N-ethyl adjacent to an activating group) is 1. The SMILES string of the molecule is CCNC(Cc1ccc(F)cc1)C1COCCO1. The molecule has 4 heteroatoms. The third-order valence-electron chi connectivity index (χ3n) is 3.13. The molecule has 2 rings (SSSR count). The van der Waals surface area contributed by atoms with Crippen molar-refractivity contribution in [2.24, 2.45) is 0 Å². The summed E-state index contributed by atoms with van der Waals surface area (Å²) in [5.41, 5.74) is 1.11. The zero-order valence-corrected chi connectivity index (χ0v) is 10.7. The highest BCUT2D eigenvalue weighted by Crippen LogP contribution is 2.12. The average Bonchev–Trinajstić information content (AvgIpc) is 2.42. The fourth-order valence-corrected chi connectivity index (χ4v) is 2.21. The van der Waals surface area contributed by atoms with Crippen LogP contribution in [-0.4, -0.2) is 38.5 Å². The summed E-state index contributed by atoms with van der Waals surface area (Å²) in [6, 6.07) is 6.85. The normalized spacial score (nSPS) is 21.8. The molecule has 1 aliphatic rings. The second-order valence-corrected chi connectivity index (χ2v) is 4.48. The molecule has 0 aliphatic carbocycles. The Bertz CT molecular complexity index is 349. The zero-order chi connectivity index (χ0) is 12.8. The van der Waals surface area contributed by atoms with Crippen molar-refractivity contribution < 1.29 is 13.9 Å². The Morgan fingerprint density at radius 1 is 1.33 bits per heavy atom. The summed E-state index contributed by atoms with van der Waals surface area (Å²) in [7, 11) is 0. The van der Waals surface area contributed by atoms with E-state index in [4.69, 9.17) is 9.47 Å². The van der Waals surface area contributed by atoms with Crippen LogP contribution in [0.25, 0.3) is 0 Å². The average molecular weight is 253 g/mol. The van der Waals surface area contributed by atoms with E-state index in [2.05, 4.69) is 12.2 Å². The maximum atomic E-state index is 12.9. The first kappa shape index (κ1) is 13.5. The molecule has 3 nitrogen and oxygen atoms in total. The van der Waals surface area contributed by atoms with Gasteiger partial charge in [-0.1, -0.05) is 19.1 Å². The molecular weight excluding hydrogens is 233 g/mol. The van der Waals surface area contributed by atoms with Crippen molar-refractivity contribution in [3.8, 4) is 0 Å². The summed E-state index contributed by atoms with van der Waals surface area (Å²) < 4.78 is 24.0. The molecule has 0 radical (unpaired) electrons. The largest absolute Gasteiger partial charge is 0.376 e. The van der Waals surface area contributed by atoms with E-state index < -0.39 is 0 Å². The van der Waals surface area contributed by atoms with Crippen LogP contribution in [0.15, 0.2) is 24.3 Å². The summed E-state index contributed by atoms with van der Waals surface area (Å²) in [6.45, 7) is 4.90. The van der Waals surface area contributed by atoms with Gasteiger partial charge in [0, 0.05) is 6.04 Å². The Balaban J connectivity index is 1.98. The number of hydrogen-bond acceptors (Lipinski definition) is 3. The molecule has 0 amide bonds. The van der Waals surface area contributed by atoms with E-state index in [0.29, 0.717) is 19.8 Å². The van der Waals surface area contributed by atoms with E-state index in [1.807, 2.05) is 12.1 Å². The molecule has 0 spiro atoms. The molecule has 1 aromatic rings. The molecular formula is C14H20FNO2. The topological polar surface area (TPSA) is 30.5 Å². The van der Waals surface area contributed by atoms with Crippen molar-refractivity contribution in [2.75, 3.05) is 26.4 Å². The minimum absolute atomic E-state index is 0.0729. The molecule has 100 valence electrons. The summed E-state index contributed by atoms with van der Waals surface area (Å²) in [5, 5.41) is 3.42. The predicted octanol–water partition coefficient (Wildman–Crippen LogP) is 1.76.